The number of hydrogen-bond donors (Lipinski definition) is 1. The van der Waals surface area contributed by atoms with Gasteiger partial charge in [0.25, 0.3) is 5.91 Å². The number of thioether (sulfide) groups is 1. The van der Waals surface area contributed by atoms with Crippen LogP contribution in [0.4, 0.5) is 5.13 Å². The van der Waals surface area contributed by atoms with Gasteiger partial charge >= 0.3 is 0 Å². The molecular formula is C13H9BrN2O2S2. The molecule has 2 heterocycles. The van der Waals surface area contributed by atoms with Crippen molar-refractivity contribution in [1.29, 1.82) is 0 Å². The fraction of sp³-hybridized carbons (Fsp3) is 0.0769. The van der Waals surface area contributed by atoms with Crippen molar-refractivity contribution in [2.75, 3.05) is 11.6 Å². The number of nitrogens with zero attached hydrogens (tertiary/aromatic N) is 1. The summed E-state index contributed by atoms with van der Waals surface area (Å²) < 4.78 is 6.79. The zero-order valence-electron chi connectivity index (χ0n) is 10.3. The summed E-state index contributed by atoms with van der Waals surface area (Å²) in [5.41, 5.74) is 0.918. The number of aromatic nitrogens is 1. The van der Waals surface area contributed by atoms with Crippen molar-refractivity contribution in [3.8, 4) is 0 Å². The average molecular weight is 369 g/mol. The number of rotatable bonds is 3. The summed E-state index contributed by atoms with van der Waals surface area (Å²) in [5.74, 6) is -0.0540. The zero-order chi connectivity index (χ0) is 14.1. The van der Waals surface area contributed by atoms with Gasteiger partial charge in [-0.05, 0) is 46.5 Å². The number of furan rings is 1. The van der Waals surface area contributed by atoms with E-state index in [1.165, 1.54) is 11.3 Å². The van der Waals surface area contributed by atoms with Crippen LogP contribution in [0.2, 0.25) is 0 Å². The van der Waals surface area contributed by atoms with Crippen LogP contribution in [-0.2, 0) is 0 Å². The monoisotopic (exact) mass is 368 g/mol. The molecule has 0 spiro atoms. The Labute approximate surface area is 131 Å². The number of anilines is 1. The highest BCUT2D eigenvalue weighted by Gasteiger charge is 2.14. The molecular weight excluding hydrogens is 360 g/mol. The predicted octanol–water partition coefficient (Wildman–Crippen LogP) is 4.63. The lowest BCUT2D eigenvalue weighted by Crippen LogP contribution is -2.10. The second-order valence-corrected chi connectivity index (χ2v) is 6.54. The van der Waals surface area contributed by atoms with E-state index in [0.29, 0.717) is 9.80 Å². The molecule has 1 aromatic carbocycles. The molecule has 0 aliphatic heterocycles. The van der Waals surface area contributed by atoms with Crippen LogP contribution in [0.15, 0.2) is 44.3 Å². The van der Waals surface area contributed by atoms with Crippen LogP contribution in [0.1, 0.15) is 10.6 Å². The van der Waals surface area contributed by atoms with Crippen molar-refractivity contribution in [1.82, 2.24) is 4.98 Å². The highest BCUT2D eigenvalue weighted by atomic mass is 79.9. The maximum absolute atomic E-state index is 12.0. The summed E-state index contributed by atoms with van der Waals surface area (Å²) >= 11 is 6.25. The van der Waals surface area contributed by atoms with Gasteiger partial charge in [-0.25, -0.2) is 4.98 Å². The summed E-state index contributed by atoms with van der Waals surface area (Å²) in [5, 5.41) is 3.33. The molecule has 4 nitrogen and oxygen atoms in total. The molecule has 0 saturated heterocycles. The summed E-state index contributed by atoms with van der Waals surface area (Å²) in [6.07, 6.45) is 2.01. The van der Waals surface area contributed by atoms with Crippen molar-refractivity contribution >= 4 is 60.3 Å². The Kier molecular flexibility index (Phi) is 3.82. The number of carbonyl (C=O) groups excluding carboxylic acids is 1. The van der Waals surface area contributed by atoms with Crippen LogP contribution in [0.5, 0.6) is 0 Å². The van der Waals surface area contributed by atoms with Crippen molar-refractivity contribution in [2.45, 2.75) is 4.90 Å². The molecule has 0 saturated carbocycles. The number of fused-ring (bicyclic) bond motifs is 1. The van der Waals surface area contributed by atoms with Gasteiger partial charge in [0.05, 0.1) is 10.2 Å². The van der Waals surface area contributed by atoms with E-state index in [1.54, 1.807) is 23.9 Å². The van der Waals surface area contributed by atoms with E-state index < -0.39 is 0 Å². The lowest BCUT2D eigenvalue weighted by atomic mass is 10.3. The second kappa shape index (κ2) is 5.59. The largest absolute Gasteiger partial charge is 0.444 e. The van der Waals surface area contributed by atoms with Crippen LogP contribution in [0.3, 0.4) is 0 Å². The number of halogens is 1. The van der Waals surface area contributed by atoms with E-state index in [0.717, 1.165) is 15.1 Å². The smallest absolute Gasteiger partial charge is 0.293 e. The molecule has 0 aliphatic rings. The first-order valence-corrected chi connectivity index (χ1v) is 8.51. The molecule has 0 radical (unpaired) electrons. The van der Waals surface area contributed by atoms with E-state index >= 15 is 0 Å². The van der Waals surface area contributed by atoms with Gasteiger partial charge in [0.1, 0.15) is 0 Å². The van der Waals surface area contributed by atoms with Crippen LogP contribution in [0, 0.1) is 0 Å². The summed E-state index contributed by atoms with van der Waals surface area (Å²) in [6, 6.07) is 9.29. The van der Waals surface area contributed by atoms with E-state index in [4.69, 9.17) is 4.42 Å². The third kappa shape index (κ3) is 2.61. The Morgan fingerprint density at radius 2 is 2.25 bits per heavy atom. The first-order chi connectivity index (χ1) is 9.67. The molecule has 1 amide bonds. The second-order valence-electron chi connectivity index (χ2n) is 3.88. The van der Waals surface area contributed by atoms with Gasteiger partial charge in [-0.2, -0.15) is 0 Å². The SMILES string of the molecule is CSc1cccc2sc(NC(=O)c3ccc(Br)o3)nc12. The quantitative estimate of drug-likeness (QED) is 0.684. The number of benzene rings is 1. The van der Waals surface area contributed by atoms with E-state index in [-0.39, 0.29) is 11.7 Å². The van der Waals surface area contributed by atoms with Crippen LogP contribution >= 0.6 is 39.0 Å². The third-order valence-electron chi connectivity index (χ3n) is 2.62. The standard InChI is InChI=1S/C13H9BrN2O2S2/c1-19-8-3-2-4-9-11(8)15-13(20-9)16-12(17)7-5-6-10(14)18-7/h2-6H,1H3,(H,15,16,17). The number of hydrogen-bond acceptors (Lipinski definition) is 5. The molecule has 7 heteroatoms. The van der Waals surface area contributed by atoms with Gasteiger partial charge in [-0.1, -0.05) is 17.4 Å². The topological polar surface area (TPSA) is 55.1 Å². The van der Waals surface area contributed by atoms with Crippen molar-refractivity contribution in [3.05, 3.63) is 40.8 Å². The Hall–Kier alpha value is -1.31. The van der Waals surface area contributed by atoms with Crippen LogP contribution < -0.4 is 5.32 Å². The fourth-order valence-electron chi connectivity index (χ4n) is 1.74. The van der Waals surface area contributed by atoms with Gasteiger partial charge in [0.15, 0.2) is 15.6 Å². The summed E-state index contributed by atoms with van der Waals surface area (Å²) in [4.78, 5) is 17.6. The molecule has 0 fully saturated rings. The lowest BCUT2D eigenvalue weighted by Gasteiger charge is -1.97. The molecule has 3 aromatic rings. The average Bonchev–Trinajstić information content (AvgIpc) is 3.03. The third-order valence-corrected chi connectivity index (χ3v) is 4.75. The van der Waals surface area contributed by atoms with Crippen LogP contribution in [-0.4, -0.2) is 17.1 Å². The van der Waals surface area contributed by atoms with Gasteiger partial charge in [-0.15, -0.1) is 11.8 Å². The lowest BCUT2D eigenvalue weighted by molar-refractivity contribution is 0.0995. The Morgan fingerprint density at radius 3 is 2.95 bits per heavy atom. The minimum atomic E-state index is -0.305. The first-order valence-electron chi connectivity index (χ1n) is 5.67. The summed E-state index contributed by atoms with van der Waals surface area (Å²) in [7, 11) is 0. The zero-order valence-corrected chi connectivity index (χ0v) is 13.6. The highest BCUT2D eigenvalue weighted by molar-refractivity contribution is 9.10. The maximum atomic E-state index is 12.0. The molecule has 0 atom stereocenters. The molecule has 102 valence electrons. The van der Waals surface area contributed by atoms with Gasteiger partial charge in [-0.3, -0.25) is 10.1 Å². The number of para-hydroxylation sites is 1. The van der Waals surface area contributed by atoms with Crippen LogP contribution in [0.25, 0.3) is 10.2 Å². The van der Waals surface area contributed by atoms with Crippen molar-refractivity contribution in [3.63, 3.8) is 0 Å². The molecule has 0 bridgehead atoms. The Morgan fingerprint density at radius 1 is 1.40 bits per heavy atom. The molecule has 1 N–H and O–H groups in total. The van der Waals surface area contributed by atoms with Gasteiger partial charge in [0, 0.05) is 4.90 Å². The normalized spacial score (nSPS) is 10.9. The molecule has 2 aromatic heterocycles. The first kappa shape index (κ1) is 13.7. The maximum Gasteiger partial charge on any atom is 0.293 e. The number of nitrogens with one attached hydrogen (secondary N) is 1. The van der Waals surface area contributed by atoms with Gasteiger partial charge in [0.2, 0.25) is 0 Å². The molecule has 0 aliphatic carbocycles. The number of thiazole rings is 1. The molecule has 20 heavy (non-hydrogen) atoms. The minimum absolute atomic E-state index is 0.251. The fourth-order valence-corrected chi connectivity index (χ4v) is 3.56. The predicted molar refractivity (Wildman–Crippen MR) is 85.8 cm³/mol. The highest BCUT2D eigenvalue weighted by Crippen LogP contribution is 2.32. The van der Waals surface area contributed by atoms with Crippen molar-refractivity contribution in [2.24, 2.45) is 0 Å². The van der Waals surface area contributed by atoms with E-state index in [2.05, 4.69) is 26.2 Å². The van der Waals surface area contributed by atoms with Crippen molar-refractivity contribution < 1.29 is 9.21 Å². The molecule has 3 rings (SSSR count). The number of amides is 1. The minimum Gasteiger partial charge on any atom is -0.444 e. The van der Waals surface area contributed by atoms with E-state index in [1.807, 2.05) is 24.5 Å². The summed E-state index contributed by atoms with van der Waals surface area (Å²) in [6.45, 7) is 0. The molecule has 0 unspecified atom stereocenters. The Balaban J connectivity index is 1.89. The Bertz CT molecular complexity index is 782. The number of carbonyl (C=O) groups is 1. The van der Waals surface area contributed by atoms with E-state index in [9.17, 15) is 4.79 Å². The van der Waals surface area contributed by atoms with Gasteiger partial charge < -0.3 is 4.42 Å².